The highest BCUT2D eigenvalue weighted by Crippen LogP contribution is 2.13. The summed E-state index contributed by atoms with van der Waals surface area (Å²) in [6, 6.07) is 0. The van der Waals surface area contributed by atoms with Crippen LogP contribution in [0.2, 0.25) is 0 Å². The third kappa shape index (κ3) is 33.8. The van der Waals surface area contributed by atoms with E-state index in [1.807, 2.05) is 6.92 Å². The van der Waals surface area contributed by atoms with Crippen molar-refractivity contribution in [1.29, 1.82) is 0 Å². The first kappa shape index (κ1) is 45.1. The predicted molar refractivity (Wildman–Crippen MR) is 200 cm³/mol. The molecule has 0 aliphatic rings. The van der Waals surface area contributed by atoms with E-state index in [4.69, 9.17) is 9.47 Å². The van der Waals surface area contributed by atoms with Gasteiger partial charge in [-0.1, -0.05) is 154 Å². The van der Waals surface area contributed by atoms with Crippen molar-refractivity contribution in [3.63, 3.8) is 0 Å². The van der Waals surface area contributed by atoms with E-state index in [1.54, 1.807) is 0 Å². The number of ether oxygens (including phenoxy) is 2. The van der Waals surface area contributed by atoms with Crippen molar-refractivity contribution < 1.29 is 23.9 Å². The molecule has 0 N–H and O–H groups in total. The number of carbonyl (C=O) groups excluding carboxylic acids is 3. The average molecular weight is 661 g/mol. The van der Waals surface area contributed by atoms with Crippen LogP contribution in [0.1, 0.15) is 213 Å². The van der Waals surface area contributed by atoms with E-state index in [1.165, 1.54) is 116 Å². The Morgan fingerprint density at radius 1 is 0.447 bits per heavy atom. The maximum atomic E-state index is 12.6. The van der Waals surface area contributed by atoms with E-state index in [2.05, 4.69) is 38.2 Å². The van der Waals surface area contributed by atoms with E-state index in [9.17, 15) is 14.4 Å². The molecule has 47 heavy (non-hydrogen) atoms. The molecule has 0 aromatic heterocycles. The molecule has 1 atom stereocenters. The summed E-state index contributed by atoms with van der Waals surface area (Å²) in [4.78, 5) is 37.2. The Bertz CT molecular complexity index is 771. The molecule has 0 aromatic carbocycles. The lowest BCUT2D eigenvalue weighted by Crippen LogP contribution is -2.31. The number of hydrogen-bond acceptors (Lipinski definition) is 5. The molecule has 0 rings (SSSR count). The maximum Gasteiger partial charge on any atom is 0.306 e. The van der Waals surface area contributed by atoms with Crippen molar-refractivity contribution in [3.05, 3.63) is 24.3 Å². The summed E-state index contributed by atoms with van der Waals surface area (Å²) >= 11 is 0. The molecule has 0 bridgehead atoms. The van der Waals surface area contributed by atoms with Gasteiger partial charge >= 0.3 is 11.9 Å². The van der Waals surface area contributed by atoms with Gasteiger partial charge in [0.05, 0.1) is 0 Å². The number of allylic oxidation sites excluding steroid dienone is 4. The minimum absolute atomic E-state index is 0.310. The minimum atomic E-state index is -0.816. The first-order chi connectivity index (χ1) is 23.0. The fraction of sp³-hybridized carbons (Fsp3) is 0.833. The second-order valence-corrected chi connectivity index (χ2v) is 13.6. The average Bonchev–Trinajstić information content (AvgIpc) is 3.07. The largest absolute Gasteiger partial charge is 0.458 e. The molecule has 0 aliphatic carbocycles. The summed E-state index contributed by atoms with van der Waals surface area (Å²) in [7, 11) is 0. The highest BCUT2D eigenvalue weighted by atomic mass is 16.6. The van der Waals surface area contributed by atoms with E-state index in [0.29, 0.717) is 19.3 Å². The Hall–Kier alpha value is -1.91. The van der Waals surface area contributed by atoms with Crippen molar-refractivity contribution >= 4 is 17.7 Å². The molecular weight excluding hydrogens is 584 g/mol. The van der Waals surface area contributed by atoms with E-state index >= 15 is 0 Å². The van der Waals surface area contributed by atoms with Gasteiger partial charge < -0.3 is 9.47 Å². The first-order valence-electron chi connectivity index (χ1n) is 20.2. The number of rotatable bonds is 36. The molecule has 0 aliphatic heterocycles. The molecule has 0 saturated carbocycles. The van der Waals surface area contributed by atoms with Gasteiger partial charge in [-0.3, -0.25) is 14.4 Å². The van der Waals surface area contributed by atoms with Crippen molar-refractivity contribution in [3.8, 4) is 0 Å². The fourth-order valence-electron chi connectivity index (χ4n) is 5.76. The van der Waals surface area contributed by atoms with E-state index < -0.39 is 6.10 Å². The number of carbonyl (C=O) groups is 3. The maximum absolute atomic E-state index is 12.6. The van der Waals surface area contributed by atoms with Gasteiger partial charge in [0.1, 0.15) is 0 Å². The van der Waals surface area contributed by atoms with Gasteiger partial charge in [0.15, 0.2) is 12.7 Å². The van der Waals surface area contributed by atoms with Crippen LogP contribution in [-0.2, 0) is 23.9 Å². The molecule has 0 heterocycles. The summed E-state index contributed by atoms with van der Waals surface area (Å²) in [6.45, 7) is 6.16. The Balaban J connectivity index is 3.80. The van der Waals surface area contributed by atoms with Crippen molar-refractivity contribution in [2.45, 2.75) is 219 Å². The van der Waals surface area contributed by atoms with Gasteiger partial charge in [-0.15, -0.1) is 0 Å². The van der Waals surface area contributed by atoms with Gasteiger partial charge in [0, 0.05) is 12.8 Å². The Morgan fingerprint density at radius 2 is 0.809 bits per heavy atom. The molecule has 0 fully saturated rings. The second-order valence-electron chi connectivity index (χ2n) is 13.6. The lowest BCUT2D eigenvalue weighted by Gasteiger charge is -2.16. The number of Topliss-reactive ketones (excluding diaryl/α,β-unsaturated/α-hetero) is 1. The standard InChI is InChI=1S/C42H76O5/c1-4-7-9-11-13-15-17-19-21-23-25-27-29-31-33-36-41(44)46-38-39(43)40(35-6-3)47-42(45)37-34-32-30-28-26-24-22-20-18-16-14-12-10-8-5-2/h19-22,40H,4-18,23-38H2,1-3H3/b21-19-,22-20-. The summed E-state index contributed by atoms with van der Waals surface area (Å²) in [5.41, 5.74) is 0. The highest BCUT2D eigenvalue weighted by Gasteiger charge is 2.23. The smallest absolute Gasteiger partial charge is 0.306 e. The number of unbranched alkanes of at least 4 members (excludes halogenated alkanes) is 22. The van der Waals surface area contributed by atoms with Crippen molar-refractivity contribution in [1.82, 2.24) is 0 Å². The van der Waals surface area contributed by atoms with Crippen LogP contribution in [0.3, 0.4) is 0 Å². The lowest BCUT2D eigenvalue weighted by atomic mass is 10.1. The van der Waals surface area contributed by atoms with Crippen molar-refractivity contribution in [2.75, 3.05) is 6.61 Å². The van der Waals surface area contributed by atoms with Crippen LogP contribution in [0.4, 0.5) is 0 Å². The zero-order chi connectivity index (χ0) is 34.5. The molecule has 0 radical (unpaired) electrons. The third-order valence-electron chi connectivity index (χ3n) is 8.84. The van der Waals surface area contributed by atoms with Crippen LogP contribution in [0.15, 0.2) is 24.3 Å². The quantitative estimate of drug-likeness (QED) is 0.0380. The molecule has 5 heteroatoms. The normalized spacial score (nSPS) is 12.2. The van der Waals surface area contributed by atoms with E-state index in [0.717, 1.165) is 57.8 Å². The SMILES string of the molecule is CCCCCCCC/C=C\CCCCCCCC(=O)OCC(=O)C(CCC)OC(=O)CCCCCCC/C=C\CCCCCCCC. The molecule has 1 unspecified atom stereocenters. The highest BCUT2D eigenvalue weighted by molar-refractivity contribution is 5.88. The Morgan fingerprint density at radius 3 is 1.21 bits per heavy atom. The van der Waals surface area contributed by atoms with Crippen LogP contribution in [0.5, 0.6) is 0 Å². The van der Waals surface area contributed by atoms with Gasteiger partial charge in [0.25, 0.3) is 0 Å². The van der Waals surface area contributed by atoms with Gasteiger partial charge in [-0.25, -0.2) is 0 Å². The molecule has 0 saturated heterocycles. The number of ketones is 1. The topological polar surface area (TPSA) is 69.7 Å². The summed E-state index contributed by atoms with van der Waals surface area (Å²) in [6.07, 6.45) is 41.8. The van der Waals surface area contributed by atoms with E-state index in [-0.39, 0.29) is 24.3 Å². The molecule has 0 aromatic rings. The van der Waals surface area contributed by atoms with Gasteiger partial charge in [0.2, 0.25) is 5.78 Å². The monoisotopic (exact) mass is 661 g/mol. The number of esters is 2. The summed E-state index contributed by atoms with van der Waals surface area (Å²) < 4.78 is 10.7. The zero-order valence-corrected chi connectivity index (χ0v) is 31.3. The van der Waals surface area contributed by atoms with Crippen LogP contribution in [-0.4, -0.2) is 30.4 Å². The Labute approximate surface area is 291 Å². The summed E-state index contributed by atoms with van der Waals surface area (Å²) in [5, 5.41) is 0. The van der Waals surface area contributed by atoms with Crippen molar-refractivity contribution in [2.24, 2.45) is 0 Å². The first-order valence-corrected chi connectivity index (χ1v) is 20.2. The van der Waals surface area contributed by atoms with Crippen LogP contribution in [0, 0.1) is 0 Å². The lowest BCUT2D eigenvalue weighted by molar-refractivity contribution is -0.159. The number of hydrogen-bond donors (Lipinski definition) is 0. The second kappa shape index (κ2) is 36.9. The third-order valence-corrected chi connectivity index (χ3v) is 8.84. The molecular formula is C42H76O5. The summed E-state index contributed by atoms with van der Waals surface area (Å²) in [5.74, 6) is -0.984. The molecule has 5 nitrogen and oxygen atoms in total. The van der Waals surface area contributed by atoms with Gasteiger partial charge in [-0.05, 0) is 70.6 Å². The Kier molecular flexibility index (Phi) is 35.4. The fourth-order valence-corrected chi connectivity index (χ4v) is 5.76. The van der Waals surface area contributed by atoms with Crippen LogP contribution >= 0.6 is 0 Å². The van der Waals surface area contributed by atoms with Crippen LogP contribution < -0.4 is 0 Å². The predicted octanol–water partition coefficient (Wildman–Crippen LogP) is 12.9. The zero-order valence-electron chi connectivity index (χ0n) is 31.3. The minimum Gasteiger partial charge on any atom is -0.458 e. The van der Waals surface area contributed by atoms with Gasteiger partial charge in [-0.2, -0.15) is 0 Å². The van der Waals surface area contributed by atoms with Crippen LogP contribution in [0.25, 0.3) is 0 Å². The molecule has 274 valence electrons. The molecule has 0 spiro atoms. The molecule has 0 amide bonds.